The molecule has 0 aliphatic carbocycles. The predicted molar refractivity (Wildman–Crippen MR) is 188 cm³/mol. The molecule has 0 spiro atoms. The van der Waals surface area contributed by atoms with Gasteiger partial charge in [-0.1, -0.05) is 91.0 Å². The summed E-state index contributed by atoms with van der Waals surface area (Å²) < 4.78 is 10.9. The van der Waals surface area contributed by atoms with Crippen molar-refractivity contribution in [3.05, 3.63) is 158 Å². The number of rotatable bonds is 3. The standard InChI is InChI=1S/C42H26N2O/c1-2-10-27(11-3-1)28-18-21-39-34(24-28)31-12-4-7-15-37(31)43(39)29-19-22-40-35(25-29)32-13-5-8-16-38(32)44(40)30-20-23-42-36(26-30)33-14-6-9-17-41(33)45-42/h1-26H. The molecule has 0 saturated heterocycles. The molecule has 0 fully saturated rings. The Labute approximate surface area is 258 Å². The maximum Gasteiger partial charge on any atom is 0.135 e. The van der Waals surface area contributed by atoms with Crippen molar-refractivity contribution in [3.63, 3.8) is 0 Å². The lowest BCUT2D eigenvalue weighted by molar-refractivity contribution is 0.669. The van der Waals surface area contributed by atoms with Gasteiger partial charge in [0.1, 0.15) is 11.2 Å². The highest BCUT2D eigenvalue weighted by atomic mass is 16.3. The Bertz CT molecular complexity index is 2760. The van der Waals surface area contributed by atoms with E-state index in [1.807, 2.05) is 12.1 Å². The molecule has 0 N–H and O–H groups in total. The highest BCUT2D eigenvalue weighted by molar-refractivity contribution is 6.13. The van der Waals surface area contributed by atoms with Crippen LogP contribution in [-0.2, 0) is 0 Å². The van der Waals surface area contributed by atoms with Gasteiger partial charge in [0.25, 0.3) is 0 Å². The predicted octanol–water partition coefficient (Wildman–Crippen LogP) is 11.4. The van der Waals surface area contributed by atoms with E-state index >= 15 is 0 Å². The second-order valence-electron chi connectivity index (χ2n) is 11.8. The Hall–Kier alpha value is -6.06. The average Bonchev–Trinajstić information content (AvgIpc) is 3.75. The number of hydrogen-bond donors (Lipinski definition) is 0. The quantitative estimate of drug-likeness (QED) is 0.206. The zero-order valence-electron chi connectivity index (χ0n) is 24.3. The van der Waals surface area contributed by atoms with Gasteiger partial charge < -0.3 is 13.6 Å². The molecule has 45 heavy (non-hydrogen) atoms. The van der Waals surface area contributed by atoms with E-state index in [9.17, 15) is 0 Å². The summed E-state index contributed by atoms with van der Waals surface area (Å²) in [5.41, 5.74) is 11.3. The fourth-order valence-corrected chi connectivity index (χ4v) is 7.29. The molecule has 3 heterocycles. The average molecular weight is 575 g/mol. The van der Waals surface area contributed by atoms with Crippen LogP contribution in [0.4, 0.5) is 0 Å². The van der Waals surface area contributed by atoms with Gasteiger partial charge in [0.15, 0.2) is 0 Å². The van der Waals surface area contributed by atoms with E-state index in [4.69, 9.17) is 4.42 Å². The third kappa shape index (κ3) is 3.52. The summed E-state index contributed by atoms with van der Waals surface area (Å²) in [4.78, 5) is 0. The molecular weight excluding hydrogens is 548 g/mol. The Morgan fingerprint density at radius 1 is 0.311 bits per heavy atom. The lowest BCUT2D eigenvalue weighted by atomic mass is 10.0. The third-order valence-corrected chi connectivity index (χ3v) is 9.31. The van der Waals surface area contributed by atoms with E-state index in [1.165, 1.54) is 54.7 Å². The minimum absolute atomic E-state index is 0.907. The summed E-state index contributed by atoms with van der Waals surface area (Å²) in [7, 11) is 0. The van der Waals surface area contributed by atoms with Crippen LogP contribution in [0.15, 0.2) is 162 Å². The second-order valence-corrected chi connectivity index (χ2v) is 11.8. The van der Waals surface area contributed by atoms with E-state index in [0.717, 1.165) is 33.3 Å². The molecule has 0 aliphatic heterocycles. The Kier molecular flexibility index (Phi) is 5.00. The van der Waals surface area contributed by atoms with Gasteiger partial charge in [-0.25, -0.2) is 0 Å². The van der Waals surface area contributed by atoms with Crippen LogP contribution in [0.25, 0.3) is 88.1 Å². The highest BCUT2D eigenvalue weighted by Gasteiger charge is 2.17. The van der Waals surface area contributed by atoms with Crippen molar-refractivity contribution in [3.8, 4) is 22.5 Å². The lowest BCUT2D eigenvalue weighted by Gasteiger charge is -2.11. The molecule has 0 amide bonds. The summed E-state index contributed by atoms with van der Waals surface area (Å²) >= 11 is 0. The Morgan fingerprint density at radius 2 is 0.822 bits per heavy atom. The highest BCUT2D eigenvalue weighted by Crippen LogP contribution is 2.39. The fraction of sp³-hybridized carbons (Fsp3) is 0. The Morgan fingerprint density at radius 3 is 1.56 bits per heavy atom. The molecule has 7 aromatic carbocycles. The van der Waals surface area contributed by atoms with Gasteiger partial charge in [-0.3, -0.25) is 0 Å². The molecule has 0 aliphatic rings. The number of aromatic nitrogens is 2. The van der Waals surface area contributed by atoms with Crippen LogP contribution in [0.2, 0.25) is 0 Å². The maximum atomic E-state index is 6.15. The molecule has 10 aromatic rings. The van der Waals surface area contributed by atoms with E-state index in [-0.39, 0.29) is 0 Å². The normalized spacial score (nSPS) is 12.0. The number of nitrogens with zero attached hydrogens (tertiary/aromatic N) is 2. The van der Waals surface area contributed by atoms with Crippen LogP contribution in [0.5, 0.6) is 0 Å². The monoisotopic (exact) mass is 574 g/mol. The van der Waals surface area contributed by atoms with Gasteiger partial charge in [-0.2, -0.15) is 0 Å². The van der Waals surface area contributed by atoms with Crippen molar-refractivity contribution >= 4 is 65.6 Å². The maximum absolute atomic E-state index is 6.15. The van der Waals surface area contributed by atoms with Gasteiger partial charge in [0.05, 0.1) is 22.1 Å². The van der Waals surface area contributed by atoms with Crippen molar-refractivity contribution in [2.45, 2.75) is 0 Å². The minimum atomic E-state index is 0.907. The number of para-hydroxylation sites is 3. The number of furan rings is 1. The van der Waals surface area contributed by atoms with E-state index < -0.39 is 0 Å². The molecule has 0 unspecified atom stereocenters. The van der Waals surface area contributed by atoms with E-state index in [0.29, 0.717) is 0 Å². The first-order chi connectivity index (χ1) is 22.3. The lowest BCUT2D eigenvalue weighted by Crippen LogP contribution is -1.95. The SMILES string of the molecule is c1ccc(-c2ccc3c(c2)c2ccccc2n3-c2ccc3c(c2)c2ccccc2n3-c2ccc3oc4ccccc4c3c2)cc1. The van der Waals surface area contributed by atoms with E-state index in [1.54, 1.807) is 0 Å². The fourth-order valence-electron chi connectivity index (χ4n) is 7.29. The van der Waals surface area contributed by atoms with Crippen LogP contribution < -0.4 is 0 Å². The second kappa shape index (κ2) is 9.22. The number of benzene rings is 7. The van der Waals surface area contributed by atoms with Gasteiger partial charge in [0, 0.05) is 43.7 Å². The van der Waals surface area contributed by atoms with Gasteiger partial charge >= 0.3 is 0 Å². The minimum Gasteiger partial charge on any atom is -0.456 e. The summed E-state index contributed by atoms with van der Waals surface area (Å²) in [6.45, 7) is 0. The molecule has 0 bridgehead atoms. The third-order valence-electron chi connectivity index (χ3n) is 9.31. The molecule has 10 rings (SSSR count). The van der Waals surface area contributed by atoms with Gasteiger partial charge in [0.2, 0.25) is 0 Å². The first kappa shape index (κ1) is 24.4. The molecular formula is C42H26N2O. The molecule has 3 aromatic heterocycles. The van der Waals surface area contributed by atoms with Crippen molar-refractivity contribution < 1.29 is 4.42 Å². The topological polar surface area (TPSA) is 23.0 Å². The summed E-state index contributed by atoms with van der Waals surface area (Å²) in [6, 6.07) is 56.6. The smallest absolute Gasteiger partial charge is 0.135 e. The molecule has 210 valence electrons. The molecule has 3 nitrogen and oxygen atoms in total. The van der Waals surface area contributed by atoms with E-state index in [2.05, 4.69) is 155 Å². The van der Waals surface area contributed by atoms with Crippen LogP contribution in [0.1, 0.15) is 0 Å². The molecule has 0 radical (unpaired) electrons. The van der Waals surface area contributed by atoms with Crippen LogP contribution in [0, 0.1) is 0 Å². The van der Waals surface area contributed by atoms with Crippen LogP contribution in [-0.4, -0.2) is 9.13 Å². The molecule has 0 saturated carbocycles. The number of fused-ring (bicyclic) bond motifs is 9. The van der Waals surface area contributed by atoms with Crippen molar-refractivity contribution in [1.29, 1.82) is 0 Å². The summed E-state index contributed by atoms with van der Waals surface area (Å²) in [5, 5.41) is 7.25. The first-order valence-corrected chi connectivity index (χ1v) is 15.4. The zero-order valence-corrected chi connectivity index (χ0v) is 24.3. The van der Waals surface area contributed by atoms with Crippen molar-refractivity contribution in [1.82, 2.24) is 9.13 Å². The summed E-state index contributed by atoms with van der Waals surface area (Å²) in [5.74, 6) is 0. The number of hydrogen-bond acceptors (Lipinski definition) is 1. The van der Waals surface area contributed by atoms with Gasteiger partial charge in [-0.15, -0.1) is 0 Å². The zero-order chi connectivity index (χ0) is 29.5. The van der Waals surface area contributed by atoms with Crippen LogP contribution >= 0.6 is 0 Å². The van der Waals surface area contributed by atoms with Crippen LogP contribution in [0.3, 0.4) is 0 Å². The largest absolute Gasteiger partial charge is 0.456 e. The molecule has 0 atom stereocenters. The van der Waals surface area contributed by atoms with Crippen molar-refractivity contribution in [2.24, 2.45) is 0 Å². The first-order valence-electron chi connectivity index (χ1n) is 15.4. The van der Waals surface area contributed by atoms with Gasteiger partial charge in [-0.05, 0) is 77.9 Å². The summed E-state index contributed by atoms with van der Waals surface area (Å²) in [6.07, 6.45) is 0. The molecule has 3 heteroatoms. The van der Waals surface area contributed by atoms with Crippen molar-refractivity contribution in [2.75, 3.05) is 0 Å². The Balaban J connectivity index is 1.21.